The summed E-state index contributed by atoms with van der Waals surface area (Å²) in [4.78, 5) is 15.3. The molecule has 30 heavy (non-hydrogen) atoms. The molecular formula is C23H27N5O2. The van der Waals surface area contributed by atoms with Crippen molar-refractivity contribution >= 4 is 11.3 Å². The lowest BCUT2D eigenvalue weighted by atomic mass is 9.99. The highest BCUT2D eigenvalue weighted by Gasteiger charge is 2.21. The Balaban J connectivity index is 1.56. The third-order valence-corrected chi connectivity index (χ3v) is 5.68. The van der Waals surface area contributed by atoms with Crippen LogP contribution in [-0.2, 0) is 4.74 Å². The molecule has 3 aromatic rings. The summed E-state index contributed by atoms with van der Waals surface area (Å²) in [5, 5.41) is 0. The summed E-state index contributed by atoms with van der Waals surface area (Å²) in [6.45, 7) is 13.7. The van der Waals surface area contributed by atoms with Crippen molar-refractivity contribution in [1.82, 2.24) is 19.3 Å². The molecule has 2 aromatic heterocycles. The first-order chi connectivity index (χ1) is 14.7. The van der Waals surface area contributed by atoms with E-state index in [0.29, 0.717) is 24.2 Å². The summed E-state index contributed by atoms with van der Waals surface area (Å²) < 4.78 is 13.4. The van der Waals surface area contributed by atoms with E-state index in [1.165, 1.54) is 6.42 Å². The number of nitrogens with zero attached hydrogens (tertiary/aromatic N) is 5. The van der Waals surface area contributed by atoms with E-state index in [0.717, 1.165) is 55.1 Å². The Morgan fingerprint density at radius 3 is 2.87 bits per heavy atom. The van der Waals surface area contributed by atoms with Crippen LogP contribution in [0.1, 0.15) is 18.4 Å². The van der Waals surface area contributed by atoms with Gasteiger partial charge in [0.1, 0.15) is 5.65 Å². The van der Waals surface area contributed by atoms with Crippen LogP contribution in [0.25, 0.3) is 21.7 Å². The van der Waals surface area contributed by atoms with Gasteiger partial charge in [-0.2, -0.15) is 4.98 Å². The fourth-order valence-electron chi connectivity index (χ4n) is 4.05. The van der Waals surface area contributed by atoms with Crippen molar-refractivity contribution in [3.05, 3.63) is 53.6 Å². The number of fused-ring (bicyclic) bond motifs is 1. The van der Waals surface area contributed by atoms with Crippen LogP contribution in [0.5, 0.6) is 6.01 Å². The molecule has 0 spiro atoms. The van der Waals surface area contributed by atoms with E-state index in [1.807, 2.05) is 41.8 Å². The molecule has 4 rings (SSSR count). The first-order valence-electron chi connectivity index (χ1n) is 10.3. The summed E-state index contributed by atoms with van der Waals surface area (Å²) in [5.74, 6) is 0.471. The van der Waals surface area contributed by atoms with Gasteiger partial charge in [0.05, 0.1) is 25.5 Å². The SMILES string of the molecule is [C-]#[N+]c1ccc(-c2nc(OCC3CCCN(CCOC)C3)n3ccnc3c2C)cc1. The zero-order valence-electron chi connectivity index (χ0n) is 17.5. The summed E-state index contributed by atoms with van der Waals surface area (Å²) in [7, 11) is 1.75. The zero-order valence-corrected chi connectivity index (χ0v) is 17.5. The Kier molecular flexibility index (Phi) is 6.26. The van der Waals surface area contributed by atoms with Gasteiger partial charge in [-0.3, -0.25) is 4.40 Å². The second-order valence-corrected chi connectivity index (χ2v) is 7.76. The molecule has 156 valence electrons. The van der Waals surface area contributed by atoms with Crippen molar-refractivity contribution in [2.24, 2.45) is 5.92 Å². The van der Waals surface area contributed by atoms with E-state index in [1.54, 1.807) is 13.3 Å². The maximum atomic E-state index is 7.15. The van der Waals surface area contributed by atoms with Gasteiger partial charge in [-0.15, -0.1) is 0 Å². The number of aryl methyl sites for hydroxylation is 1. The molecule has 0 N–H and O–H groups in total. The van der Waals surface area contributed by atoms with Gasteiger partial charge in [0.25, 0.3) is 0 Å². The monoisotopic (exact) mass is 405 g/mol. The van der Waals surface area contributed by atoms with E-state index in [-0.39, 0.29) is 0 Å². The molecule has 0 amide bonds. The summed E-state index contributed by atoms with van der Waals surface area (Å²) in [5.41, 5.74) is 4.25. The van der Waals surface area contributed by atoms with Crippen LogP contribution >= 0.6 is 0 Å². The van der Waals surface area contributed by atoms with Crippen molar-refractivity contribution in [1.29, 1.82) is 0 Å². The normalized spacial score (nSPS) is 17.2. The van der Waals surface area contributed by atoms with Crippen molar-refractivity contribution in [2.45, 2.75) is 19.8 Å². The summed E-state index contributed by atoms with van der Waals surface area (Å²) in [6, 6.07) is 8.06. The highest BCUT2D eigenvalue weighted by molar-refractivity contribution is 5.71. The molecule has 1 aliphatic heterocycles. The first-order valence-corrected chi connectivity index (χ1v) is 10.3. The molecule has 1 aromatic carbocycles. The number of imidazole rings is 1. The molecule has 0 bridgehead atoms. The van der Waals surface area contributed by atoms with Gasteiger partial charge >= 0.3 is 6.01 Å². The fraction of sp³-hybridized carbons (Fsp3) is 0.435. The number of methoxy groups -OCH3 is 1. The van der Waals surface area contributed by atoms with Crippen molar-refractivity contribution < 1.29 is 9.47 Å². The minimum Gasteiger partial charge on any atom is -0.464 e. The molecule has 0 radical (unpaired) electrons. The van der Waals surface area contributed by atoms with Gasteiger partial charge in [0, 0.05) is 44.1 Å². The van der Waals surface area contributed by atoms with Crippen LogP contribution in [0, 0.1) is 19.4 Å². The fourth-order valence-corrected chi connectivity index (χ4v) is 4.05. The molecule has 3 heterocycles. The molecule has 0 saturated carbocycles. The maximum absolute atomic E-state index is 7.15. The van der Waals surface area contributed by atoms with Gasteiger partial charge in [-0.05, 0) is 31.9 Å². The highest BCUT2D eigenvalue weighted by atomic mass is 16.5. The molecule has 1 atom stereocenters. The van der Waals surface area contributed by atoms with Crippen molar-refractivity contribution in [3.63, 3.8) is 0 Å². The topological polar surface area (TPSA) is 56.2 Å². The maximum Gasteiger partial charge on any atom is 0.302 e. The lowest BCUT2D eigenvalue weighted by Gasteiger charge is -2.32. The van der Waals surface area contributed by atoms with Crippen LogP contribution in [-0.4, -0.2) is 59.2 Å². The van der Waals surface area contributed by atoms with Crippen molar-refractivity contribution in [2.75, 3.05) is 40.0 Å². The van der Waals surface area contributed by atoms with E-state index < -0.39 is 0 Å². The van der Waals surface area contributed by atoms with Crippen LogP contribution in [0.3, 0.4) is 0 Å². The molecule has 1 saturated heterocycles. The molecular weight excluding hydrogens is 378 g/mol. The first kappa shape index (κ1) is 20.3. The average Bonchev–Trinajstić information content (AvgIpc) is 3.28. The van der Waals surface area contributed by atoms with Gasteiger partial charge in [0.15, 0.2) is 5.69 Å². The number of likely N-dealkylation sites (tertiary alicyclic amines) is 1. The molecule has 1 fully saturated rings. The number of benzene rings is 1. The summed E-state index contributed by atoms with van der Waals surface area (Å²) in [6.07, 6.45) is 6.00. The lowest BCUT2D eigenvalue weighted by molar-refractivity contribution is 0.0934. The molecule has 7 nitrogen and oxygen atoms in total. The van der Waals surface area contributed by atoms with E-state index in [4.69, 9.17) is 21.0 Å². The zero-order chi connectivity index (χ0) is 20.9. The van der Waals surface area contributed by atoms with Crippen LogP contribution in [0.4, 0.5) is 5.69 Å². The van der Waals surface area contributed by atoms with Gasteiger partial charge < -0.3 is 14.4 Å². The highest BCUT2D eigenvalue weighted by Crippen LogP contribution is 2.29. The Labute approximate surface area is 177 Å². The number of hydrogen-bond acceptors (Lipinski definition) is 5. The quantitative estimate of drug-likeness (QED) is 0.556. The number of ether oxygens (including phenoxy) is 2. The smallest absolute Gasteiger partial charge is 0.302 e. The molecule has 1 unspecified atom stereocenters. The Morgan fingerprint density at radius 2 is 2.10 bits per heavy atom. The molecule has 0 aliphatic carbocycles. The third-order valence-electron chi connectivity index (χ3n) is 5.68. The predicted molar refractivity (Wildman–Crippen MR) is 116 cm³/mol. The third kappa shape index (κ3) is 4.30. The van der Waals surface area contributed by atoms with Gasteiger partial charge in [0.2, 0.25) is 0 Å². The number of piperidine rings is 1. The van der Waals surface area contributed by atoms with E-state index in [2.05, 4.69) is 14.7 Å². The van der Waals surface area contributed by atoms with Gasteiger partial charge in [-0.25, -0.2) is 9.83 Å². The largest absolute Gasteiger partial charge is 0.464 e. The number of aromatic nitrogens is 3. The summed E-state index contributed by atoms with van der Waals surface area (Å²) >= 11 is 0. The Morgan fingerprint density at radius 1 is 1.27 bits per heavy atom. The lowest BCUT2D eigenvalue weighted by Crippen LogP contribution is -2.39. The van der Waals surface area contributed by atoms with Gasteiger partial charge in [-0.1, -0.05) is 24.3 Å². The van der Waals surface area contributed by atoms with E-state index in [9.17, 15) is 0 Å². The van der Waals surface area contributed by atoms with Crippen LogP contribution < -0.4 is 4.74 Å². The number of hydrogen-bond donors (Lipinski definition) is 0. The minimum absolute atomic E-state index is 0.471. The average molecular weight is 406 g/mol. The second-order valence-electron chi connectivity index (χ2n) is 7.76. The Hall–Kier alpha value is -2.95. The predicted octanol–water partition coefficient (Wildman–Crippen LogP) is 3.99. The van der Waals surface area contributed by atoms with Crippen molar-refractivity contribution in [3.8, 4) is 17.3 Å². The number of rotatable bonds is 7. The standard InChI is InChI=1S/C23H27N5O2/c1-17-21(19-6-8-20(24-2)9-7-19)26-23(28-12-10-25-22(17)28)30-16-18-5-4-11-27(15-18)13-14-29-3/h6-10,12,18H,4-5,11,13-16H2,1,3H3. The Bertz CT molecular complexity index is 1040. The van der Waals surface area contributed by atoms with Crippen LogP contribution in [0.15, 0.2) is 36.7 Å². The molecule has 7 heteroatoms. The molecule has 1 aliphatic rings. The second kappa shape index (κ2) is 9.24. The minimum atomic E-state index is 0.471. The van der Waals surface area contributed by atoms with E-state index >= 15 is 0 Å². The van der Waals surface area contributed by atoms with Crippen LogP contribution in [0.2, 0.25) is 0 Å².